The first-order valence-electron chi connectivity index (χ1n) is 5.66. The minimum Gasteiger partial charge on any atom is -0.496 e. The third-order valence-electron chi connectivity index (χ3n) is 3.15. The molecule has 0 saturated carbocycles. The molecular formula is C13H16O4. The summed E-state index contributed by atoms with van der Waals surface area (Å²) in [6.07, 6.45) is 0.572. The number of benzene rings is 1. The molecule has 2 unspecified atom stereocenters. The molecule has 0 aliphatic carbocycles. The first-order valence-corrected chi connectivity index (χ1v) is 5.66. The number of hydrogen-bond donors (Lipinski definition) is 1. The second-order valence-electron chi connectivity index (χ2n) is 4.35. The predicted molar refractivity (Wildman–Crippen MR) is 62.6 cm³/mol. The smallest absolute Gasteiger partial charge is 0.306 e. The number of rotatable bonds is 4. The highest BCUT2D eigenvalue weighted by Gasteiger charge is 2.30. The minimum atomic E-state index is -0.770. The molecular weight excluding hydrogens is 220 g/mol. The molecule has 1 aromatic rings. The number of methoxy groups -OCH3 is 1. The Morgan fingerprint density at radius 1 is 1.65 bits per heavy atom. The Hall–Kier alpha value is -1.71. The summed E-state index contributed by atoms with van der Waals surface area (Å²) in [5.74, 6) is 0.551. The molecule has 1 aliphatic heterocycles. The monoisotopic (exact) mass is 236 g/mol. The number of hydrogen-bond acceptors (Lipinski definition) is 3. The first-order chi connectivity index (χ1) is 8.13. The van der Waals surface area contributed by atoms with Crippen molar-refractivity contribution < 1.29 is 19.4 Å². The van der Waals surface area contributed by atoms with E-state index in [1.807, 2.05) is 18.2 Å². The van der Waals surface area contributed by atoms with Crippen molar-refractivity contribution in [3.05, 3.63) is 23.8 Å². The van der Waals surface area contributed by atoms with Crippen molar-refractivity contribution in [3.63, 3.8) is 0 Å². The van der Waals surface area contributed by atoms with Gasteiger partial charge in [0.1, 0.15) is 11.5 Å². The lowest BCUT2D eigenvalue weighted by Gasteiger charge is -2.14. The molecule has 0 radical (unpaired) electrons. The van der Waals surface area contributed by atoms with Crippen LogP contribution < -0.4 is 9.47 Å². The minimum absolute atomic E-state index is 0.104. The van der Waals surface area contributed by atoms with Gasteiger partial charge in [0.2, 0.25) is 0 Å². The van der Waals surface area contributed by atoms with Crippen LogP contribution in [0.5, 0.6) is 11.5 Å². The van der Waals surface area contributed by atoms with Crippen LogP contribution in [0.25, 0.3) is 0 Å². The van der Waals surface area contributed by atoms with E-state index < -0.39 is 5.97 Å². The van der Waals surface area contributed by atoms with Crippen LogP contribution in [0, 0.1) is 5.92 Å². The van der Waals surface area contributed by atoms with Crippen LogP contribution in [0.15, 0.2) is 18.2 Å². The van der Waals surface area contributed by atoms with E-state index in [2.05, 4.69) is 0 Å². The fraction of sp³-hybridized carbons (Fsp3) is 0.462. The van der Waals surface area contributed by atoms with Crippen LogP contribution >= 0.6 is 0 Å². The summed E-state index contributed by atoms with van der Waals surface area (Å²) < 4.78 is 10.9. The summed E-state index contributed by atoms with van der Waals surface area (Å²) in [4.78, 5) is 10.9. The molecule has 0 aromatic heterocycles. The van der Waals surface area contributed by atoms with E-state index in [0.717, 1.165) is 17.1 Å². The average molecular weight is 236 g/mol. The van der Waals surface area contributed by atoms with Crippen molar-refractivity contribution in [3.8, 4) is 11.5 Å². The lowest BCUT2D eigenvalue weighted by molar-refractivity contribution is -0.141. The zero-order chi connectivity index (χ0) is 12.4. The maximum atomic E-state index is 10.9. The predicted octanol–water partition coefficient (Wildman–Crippen LogP) is 2.28. The SMILES string of the molecule is COc1cccc2c1C(CC(C)C(=O)O)CO2. The summed E-state index contributed by atoms with van der Waals surface area (Å²) in [6.45, 7) is 2.25. The van der Waals surface area contributed by atoms with Gasteiger partial charge in [0.05, 0.1) is 19.6 Å². The highest BCUT2D eigenvalue weighted by Crippen LogP contribution is 2.43. The zero-order valence-corrected chi connectivity index (χ0v) is 9.97. The van der Waals surface area contributed by atoms with Gasteiger partial charge in [-0.15, -0.1) is 0 Å². The normalized spacial score (nSPS) is 19.3. The maximum absolute atomic E-state index is 10.9. The molecule has 1 aromatic carbocycles. The maximum Gasteiger partial charge on any atom is 0.306 e. The summed E-state index contributed by atoms with van der Waals surface area (Å²) in [5, 5.41) is 8.94. The van der Waals surface area contributed by atoms with Gasteiger partial charge >= 0.3 is 5.97 Å². The van der Waals surface area contributed by atoms with Crippen LogP contribution in [0.1, 0.15) is 24.8 Å². The van der Waals surface area contributed by atoms with Gasteiger partial charge in [-0.05, 0) is 18.6 Å². The molecule has 1 aliphatic rings. The molecule has 2 rings (SSSR count). The number of carboxylic acids is 1. The van der Waals surface area contributed by atoms with Crippen molar-refractivity contribution >= 4 is 5.97 Å². The van der Waals surface area contributed by atoms with E-state index >= 15 is 0 Å². The Morgan fingerprint density at radius 3 is 3.06 bits per heavy atom. The second-order valence-corrected chi connectivity index (χ2v) is 4.35. The lowest BCUT2D eigenvalue weighted by atomic mass is 9.90. The number of carboxylic acid groups (broad SMARTS) is 1. The summed E-state index contributed by atoms with van der Waals surface area (Å²) >= 11 is 0. The van der Waals surface area contributed by atoms with Crippen molar-refractivity contribution in [2.75, 3.05) is 13.7 Å². The Bertz CT molecular complexity index is 427. The van der Waals surface area contributed by atoms with Gasteiger partial charge in [0, 0.05) is 11.5 Å². The Morgan fingerprint density at radius 2 is 2.41 bits per heavy atom. The molecule has 2 atom stereocenters. The molecule has 0 fully saturated rings. The lowest BCUT2D eigenvalue weighted by Crippen LogP contribution is -2.14. The second kappa shape index (κ2) is 4.65. The standard InChI is InChI=1S/C13H16O4/c1-8(13(14)15)6-9-7-17-11-5-3-4-10(16-2)12(9)11/h3-5,8-9H,6-7H2,1-2H3,(H,14,15). The van der Waals surface area contributed by atoms with Crippen LogP contribution in [0.4, 0.5) is 0 Å². The molecule has 92 valence electrons. The molecule has 4 heteroatoms. The highest BCUT2D eigenvalue weighted by molar-refractivity contribution is 5.69. The van der Waals surface area contributed by atoms with Gasteiger partial charge in [-0.3, -0.25) is 4.79 Å². The summed E-state index contributed by atoms with van der Waals surface area (Å²) in [7, 11) is 1.62. The van der Waals surface area contributed by atoms with Crippen LogP contribution in [-0.2, 0) is 4.79 Å². The Balaban J connectivity index is 2.23. The van der Waals surface area contributed by atoms with E-state index in [9.17, 15) is 4.79 Å². The van der Waals surface area contributed by atoms with E-state index in [-0.39, 0.29) is 11.8 Å². The molecule has 1 heterocycles. The van der Waals surface area contributed by atoms with Crippen molar-refractivity contribution in [1.29, 1.82) is 0 Å². The van der Waals surface area contributed by atoms with E-state index in [4.69, 9.17) is 14.6 Å². The number of ether oxygens (including phenoxy) is 2. The average Bonchev–Trinajstić information content (AvgIpc) is 2.72. The fourth-order valence-electron chi connectivity index (χ4n) is 2.22. The van der Waals surface area contributed by atoms with Gasteiger partial charge in [0.15, 0.2) is 0 Å². The largest absolute Gasteiger partial charge is 0.496 e. The molecule has 17 heavy (non-hydrogen) atoms. The molecule has 1 N–H and O–H groups in total. The van der Waals surface area contributed by atoms with Gasteiger partial charge in [-0.2, -0.15) is 0 Å². The molecule has 0 bridgehead atoms. The zero-order valence-electron chi connectivity index (χ0n) is 9.97. The molecule has 0 amide bonds. The molecule has 0 saturated heterocycles. The third-order valence-corrected chi connectivity index (χ3v) is 3.15. The number of fused-ring (bicyclic) bond motifs is 1. The number of aliphatic carboxylic acids is 1. The number of carbonyl (C=O) groups is 1. The van der Waals surface area contributed by atoms with Crippen LogP contribution in [0.3, 0.4) is 0 Å². The Kier molecular flexibility index (Phi) is 3.22. The quantitative estimate of drug-likeness (QED) is 0.871. The Labute approximate surface area is 100 Å². The van der Waals surface area contributed by atoms with Crippen LogP contribution in [-0.4, -0.2) is 24.8 Å². The fourth-order valence-corrected chi connectivity index (χ4v) is 2.22. The van der Waals surface area contributed by atoms with Crippen LogP contribution in [0.2, 0.25) is 0 Å². The molecule has 0 spiro atoms. The van der Waals surface area contributed by atoms with Gasteiger partial charge < -0.3 is 14.6 Å². The topological polar surface area (TPSA) is 55.8 Å². The van der Waals surface area contributed by atoms with E-state index in [0.29, 0.717) is 13.0 Å². The van der Waals surface area contributed by atoms with E-state index in [1.54, 1.807) is 14.0 Å². The summed E-state index contributed by atoms with van der Waals surface area (Å²) in [5.41, 5.74) is 1.00. The van der Waals surface area contributed by atoms with Crippen molar-refractivity contribution in [1.82, 2.24) is 0 Å². The van der Waals surface area contributed by atoms with Gasteiger partial charge in [-0.25, -0.2) is 0 Å². The highest BCUT2D eigenvalue weighted by atomic mass is 16.5. The van der Waals surface area contributed by atoms with Crippen molar-refractivity contribution in [2.45, 2.75) is 19.3 Å². The third kappa shape index (κ3) is 2.20. The molecule has 4 nitrogen and oxygen atoms in total. The van der Waals surface area contributed by atoms with Gasteiger partial charge in [-0.1, -0.05) is 13.0 Å². The first kappa shape index (κ1) is 11.8. The van der Waals surface area contributed by atoms with E-state index in [1.165, 1.54) is 0 Å². The summed E-state index contributed by atoms with van der Waals surface area (Å²) in [6, 6.07) is 5.65. The van der Waals surface area contributed by atoms with Gasteiger partial charge in [0.25, 0.3) is 0 Å². The van der Waals surface area contributed by atoms with Crippen molar-refractivity contribution in [2.24, 2.45) is 5.92 Å².